The smallest absolute Gasteiger partial charge is 0.345 e. The van der Waals surface area contributed by atoms with E-state index in [9.17, 15) is 9.59 Å². The van der Waals surface area contributed by atoms with Crippen LogP contribution in [0.4, 0.5) is 0 Å². The van der Waals surface area contributed by atoms with E-state index in [0.29, 0.717) is 10.6 Å². The molecule has 1 aromatic carbocycles. The fraction of sp³-hybridized carbons (Fsp3) is 0.0909. The van der Waals surface area contributed by atoms with Crippen LogP contribution in [0.15, 0.2) is 23.8 Å². The van der Waals surface area contributed by atoms with E-state index in [1.807, 2.05) is 0 Å². The van der Waals surface area contributed by atoms with Gasteiger partial charge in [0.1, 0.15) is 5.57 Å². The van der Waals surface area contributed by atoms with E-state index in [2.05, 4.69) is 4.74 Å². The van der Waals surface area contributed by atoms with Gasteiger partial charge in [-0.2, -0.15) is 0 Å². The molecule has 0 unspecified atom stereocenters. The fourth-order valence-electron chi connectivity index (χ4n) is 1.09. The summed E-state index contributed by atoms with van der Waals surface area (Å²) in [6.45, 7) is 0. The third kappa shape index (κ3) is 3.47. The van der Waals surface area contributed by atoms with Crippen molar-refractivity contribution in [1.82, 2.24) is 0 Å². The zero-order valence-electron chi connectivity index (χ0n) is 8.74. The lowest BCUT2D eigenvalue weighted by atomic mass is 10.1. The van der Waals surface area contributed by atoms with Crippen molar-refractivity contribution in [2.75, 3.05) is 7.11 Å². The summed E-state index contributed by atoms with van der Waals surface area (Å²) in [5, 5.41) is 9.45. The lowest BCUT2D eigenvalue weighted by molar-refractivity contribution is -0.142. The highest BCUT2D eigenvalue weighted by atomic mass is 35.5. The number of benzene rings is 1. The number of aliphatic carboxylic acids is 1. The van der Waals surface area contributed by atoms with Crippen molar-refractivity contribution in [3.63, 3.8) is 0 Å². The molecule has 0 saturated carbocycles. The number of ether oxygens (including phenoxy) is 1. The molecule has 0 aliphatic heterocycles. The second-order valence-corrected chi connectivity index (χ2v) is 3.84. The van der Waals surface area contributed by atoms with Crippen LogP contribution in [0.2, 0.25) is 10.0 Å². The molecule has 0 atom stereocenters. The lowest BCUT2D eigenvalue weighted by Crippen LogP contribution is -2.13. The number of hydrogen-bond donors (Lipinski definition) is 1. The summed E-state index contributed by atoms with van der Waals surface area (Å²) in [5.41, 5.74) is -0.0342. The predicted molar refractivity (Wildman–Crippen MR) is 64.1 cm³/mol. The highest BCUT2D eigenvalue weighted by Crippen LogP contribution is 2.23. The highest BCUT2D eigenvalue weighted by molar-refractivity contribution is 6.42. The van der Waals surface area contributed by atoms with E-state index in [1.165, 1.54) is 12.1 Å². The Kier molecular flexibility index (Phi) is 4.54. The van der Waals surface area contributed by atoms with Crippen LogP contribution in [0.1, 0.15) is 5.56 Å². The van der Waals surface area contributed by atoms with Crippen LogP contribution >= 0.6 is 23.2 Å². The van der Waals surface area contributed by atoms with Gasteiger partial charge in [-0.05, 0) is 23.8 Å². The van der Waals surface area contributed by atoms with E-state index >= 15 is 0 Å². The van der Waals surface area contributed by atoms with Crippen LogP contribution in [-0.4, -0.2) is 24.2 Å². The molecule has 17 heavy (non-hydrogen) atoms. The molecule has 1 rings (SSSR count). The molecule has 0 radical (unpaired) electrons. The normalized spacial score (nSPS) is 11.1. The molecule has 0 amide bonds. The molecule has 0 heterocycles. The van der Waals surface area contributed by atoms with Crippen molar-refractivity contribution in [2.45, 2.75) is 0 Å². The van der Waals surface area contributed by atoms with Gasteiger partial charge in [0, 0.05) is 0 Å². The van der Waals surface area contributed by atoms with Crippen molar-refractivity contribution >= 4 is 41.2 Å². The summed E-state index contributed by atoms with van der Waals surface area (Å²) >= 11 is 11.5. The minimum Gasteiger partial charge on any atom is -0.477 e. The van der Waals surface area contributed by atoms with Gasteiger partial charge in [0.25, 0.3) is 0 Å². The predicted octanol–water partition coefficient (Wildman–Crippen LogP) is 2.63. The Morgan fingerprint density at radius 3 is 2.41 bits per heavy atom. The van der Waals surface area contributed by atoms with Crippen LogP contribution in [0.3, 0.4) is 0 Å². The second kappa shape index (κ2) is 5.70. The van der Waals surface area contributed by atoms with Crippen LogP contribution in [0.5, 0.6) is 0 Å². The number of esters is 1. The van der Waals surface area contributed by atoms with Crippen LogP contribution < -0.4 is 0 Å². The maximum atomic E-state index is 11.2. The van der Waals surface area contributed by atoms with Gasteiger partial charge in [0.2, 0.25) is 0 Å². The first-order valence-corrected chi connectivity index (χ1v) is 5.19. The van der Waals surface area contributed by atoms with E-state index in [-0.39, 0.29) is 5.02 Å². The zero-order chi connectivity index (χ0) is 13.0. The summed E-state index contributed by atoms with van der Waals surface area (Å²) in [5.74, 6) is -2.30. The van der Waals surface area contributed by atoms with Crippen molar-refractivity contribution in [2.24, 2.45) is 0 Å². The van der Waals surface area contributed by atoms with E-state index < -0.39 is 17.5 Å². The molecular weight excluding hydrogens is 267 g/mol. The molecule has 0 aliphatic carbocycles. The first kappa shape index (κ1) is 13.5. The number of carboxylic acids is 1. The number of carbonyl (C=O) groups is 2. The van der Waals surface area contributed by atoms with Gasteiger partial charge >= 0.3 is 11.9 Å². The molecule has 1 aromatic rings. The summed E-state index contributed by atoms with van der Waals surface area (Å²) in [6.07, 6.45) is 1.16. The number of hydrogen-bond acceptors (Lipinski definition) is 3. The van der Waals surface area contributed by atoms with Gasteiger partial charge in [0.05, 0.1) is 17.2 Å². The summed E-state index contributed by atoms with van der Waals surface area (Å²) in [4.78, 5) is 22.0. The van der Waals surface area contributed by atoms with Crippen LogP contribution in [0, 0.1) is 0 Å². The SMILES string of the molecule is COC(=O)C(=Cc1ccc(Cl)c(Cl)c1)C(=O)O. The van der Waals surface area contributed by atoms with Gasteiger partial charge in [0.15, 0.2) is 0 Å². The average molecular weight is 275 g/mol. The minimum absolute atomic E-state index is 0.273. The third-order valence-electron chi connectivity index (χ3n) is 1.89. The molecule has 4 nitrogen and oxygen atoms in total. The van der Waals surface area contributed by atoms with E-state index in [4.69, 9.17) is 28.3 Å². The first-order chi connectivity index (χ1) is 7.95. The molecule has 0 aliphatic rings. The monoisotopic (exact) mass is 274 g/mol. The van der Waals surface area contributed by atoms with Gasteiger partial charge in [-0.15, -0.1) is 0 Å². The Hall–Kier alpha value is -1.52. The maximum absolute atomic E-state index is 11.2. The minimum atomic E-state index is -1.37. The second-order valence-electron chi connectivity index (χ2n) is 3.03. The fourth-order valence-corrected chi connectivity index (χ4v) is 1.39. The molecule has 0 fully saturated rings. The van der Waals surface area contributed by atoms with Gasteiger partial charge in [-0.3, -0.25) is 0 Å². The molecule has 6 heteroatoms. The van der Waals surface area contributed by atoms with Crippen LogP contribution in [0.25, 0.3) is 6.08 Å². The number of methoxy groups -OCH3 is 1. The summed E-state index contributed by atoms with van der Waals surface area (Å²) in [7, 11) is 1.11. The quantitative estimate of drug-likeness (QED) is 0.398. The number of rotatable bonds is 3. The van der Waals surface area contributed by atoms with Crippen LogP contribution in [-0.2, 0) is 14.3 Å². The van der Waals surface area contributed by atoms with E-state index in [0.717, 1.165) is 13.2 Å². The highest BCUT2D eigenvalue weighted by Gasteiger charge is 2.17. The molecule has 0 spiro atoms. The van der Waals surface area contributed by atoms with Gasteiger partial charge < -0.3 is 9.84 Å². The Morgan fingerprint density at radius 2 is 1.94 bits per heavy atom. The first-order valence-electron chi connectivity index (χ1n) is 4.44. The third-order valence-corrected chi connectivity index (χ3v) is 2.63. The van der Waals surface area contributed by atoms with Crippen molar-refractivity contribution in [1.29, 1.82) is 0 Å². The number of carboxylic acid groups (broad SMARTS) is 1. The lowest BCUT2D eigenvalue weighted by Gasteiger charge is -2.01. The Labute approximate surface area is 107 Å². The average Bonchev–Trinajstić information content (AvgIpc) is 2.29. The van der Waals surface area contributed by atoms with Crippen molar-refractivity contribution in [3.05, 3.63) is 39.4 Å². The molecular formula is C11H8Cl2O4. The summed E-state index contributed by atoms with van der Waals surface area (Å²) in [6, 6.07) is 4.50. The molecule has 1 N–H and O–H groups in total. The standard InChI is InChI=1S/C11H8Cl2O4/c1-17-11(16)7(10(14)15)4-6-2-3-8(12)9(13)5-6/h2-5H,1H3,(H,14,15). The van der Waals surface area contributed by atoms with Crippen molar-refractivity contribution in [3.8, 4) is 0 Å². The maximum Gasteiger partial charge on any atom is 0.345 e. The molecule has 90 valence electrons. The van der Waals surface area contributed by atoms with Crippen molar-refractivity contribution < 1.29 is 19.4 Å². The zero-order valence-corrected chi connectivity index (χ0v) is 10.2. The molecule has 0 aromatic heterocycles. The van der Waals surface area contributed by atoms with E-state index in [1.54, 1.807) is 6.07 Å². The van der Waals surface area contributed by atoms with Gasteiger partial charge in [-0.25, -0.2) is 9.59 Å². The van der Waals surface area contributed by atoms with Gasteiger partial charge in [-0.1, -0.05) is 29.3 Å². The Morgan fingerprint density at radius 1 is 1.29 bits per heavy atom. The molecule has 0 saturated heterocycles. The Bertz CT molecular complexity index is 494. The number of halogens is 2. The topological polar surface area (TPSA) is 63.6 Å². The summed E-state index contributed by atoms with van der Waals surface area (Å²) < 4.78 is 4.35. The largest absolute Gasteiger partial charge is 0.477 e. The Balaban J connectivity index is 3.17. The molecule has 0 bridgehead atoms. The number of carbonyl (C=O) groups excluding carboxylic acids is 1.